The summed E-state index contributed by atoms with van der Waals surface area (Å²) in [6, 6.07) is 18.6. The first-order valence-corrected chi connectivity index (χ1v) is 11.3. The molecule has 4 aromatic rings. The molecule has 0 N–H and O–H groups in total. The number of ether oxygens (including phenoxy) is 2. The zero-order valence-corrected chi connectivity index (χ0v) is 19.2. The van der Waals surface area contributed by atoms with Crippen molar-refractivity contribution in [1.82, 2.24) is 9.97 Å². The van der Waals surface area contributed by atoms with E-state index < -0.39 is 6.36 Å². The summed E-state index contributed by atoms with van der Waals surface area (Å²) in [6.45, 7) is 0.125. The number of rotatable bonds is 10. The van der Waals surface area contributed by atoms with Gasteiger partial charge in [-0.05, 0) is 65.1 Å². The Morgan fingerprint density at radius 1 is 0.833 bits per heavy atom. The van der Waals surface area contributed by atoms with Crippen LogP contribution in [0.15, 0.2) is 91.5 Å². The van der Waals surface area contributed by atoms with Crippen LogP contribution in [0.1, 0.15) is 23.1 Å². The van der Waals surface area contributed by atoms with E-state index in [4.69, 9.17) is 4.74 Å². The number of benzene rings is 2. The molecule has 0 spiro atoms. The summed E-state index contributed by atoms with van der Waals surface area (Å²) >= 11 is 0. The lowest BCUT2D eigenvalue weighted by atomic mass is 10.0. The molecule has 184 valence electrons. The van der Waals surface area contributed by atoms with Crippen LogP contribution in [0.25, 0.3) is 11.1 Å². The van der Waals surface area contributed by atoms with Crippen LogP contribution < -0.4 is 9.47 Å². The molecule has 8 heteroatoms. The predicted octanol–water partition coefficient (Wildman–Crippen LogP) is 6.37. The highest BCUT2D eigenvalue weighted by atomic mass is 19.4. The molecule has 5 nitrogen and oxygen atoms in total. The highest BCUT2D eigenvalue weighted by Gasteiger charge is 2.31. The molecule has 0 aliphatic rings. The molecule has 36 heavy (non-hydrogen) atoms. The average molecular weight is 492 g/mol. The second-order valence-corrected chi connectivity index (χ2v) is 8.12. The summed E-state index contributed by atoms with van der Waals surface area (Å²) in [5, 5.41) is 0. The van der Waals surface area contributed by atoms with Gasteiger partial charge in [-0.25, -0.2) is 0 Å². The Hall–Kier alpha value is -4.20. The molecule has 2 aromatic heterocycles. The lowest BCUT2D eigenvalue weighted by Gasteiger charge is -2.15. The van der Waals surface area contributed by atoms with E-state index in [0.717, 1.165) is 11.1 Å². The van der Waals surface area contributed by atoms with E-state index in [9.17, 15) is 18.0 Å². The number of hydrogen-bond acceptors (Lipinski definition) is 5. The van der Waals surface area contributed by atoms with Crippen LogP contribution >= 0.6 is 0 Å². The molecule has 0 amide bonds. The Kier molecular flexibility index (Phi) is 7.95. The van der Waals surface area contributed by atoms with Crippen molar-refractivity contribution in [3.05, 3.63) is 108 Å². The minimum absolute atomic E-state index is 0.125. The van der Waals surface area contributed by atoms with Gasteiger partial charge in [-0.3, -0.25) is 14.8 Å². The van der Waals surface area contributed by atoms with E-state index in [2.05, 4.69) is 14.7 Å². The number of ketones is 1. The Labute approximate surface area is 206 Å². The van der Waals surface area contributed by atoms with Crippen molar-refractivity contribution >= 4 is 5.78 Å². The third-order valence-electron chi connectivity index (χ3n) is 5.42. The van der Waals surface area contributed by atoms with Crippen LogP contribution in [0.4, 0.5) is 13.2 Å². The van der Waals surface area contributed by atoms with Gasteiger partial charge in [0.2, 0.25) is 0 Å². The third-order valence-corrected chi connectivity index (χ3v) is 5.42. The van der Waals surface area contributed by atoms with E-state index in [1.54, 1.807) is 55.1 Å². The van der Waals surface area contributed by atoms with Crippen molar-refractivity contribution < 1.29 is 27.4 Å². The van der Waals surface area contributed by atoms with Gasteiger partial charge in [-0.2, -0.15) is 0 Å². The lowest BCUT2D eigenvalue weighted by molar-refractivity contribution is -0.274. The molecule has 0 saturated carbocycles. The summed E-state index contributed by atoms with van der Waals surface area (Å²) in [7, 11) is 0. The van der Waals surface area contributed by atoms with Crippen molar-refractivity contribution in [3.63, 3.8) is 0 Å². The van der Waals surface area contributed by atoms with Gasteiger partial charge >= 0.3 is 6.36 Å². The largest absolute Gasteiger partial charge is 0.573 e. The number of Topliss-reactive ketones (excluding diaryl/α,β-unsaturated/α-hetero) is 1. The first kappa shape index (κ1) is 24.9. The fourth-order valence-electron chi connectivity index (χ4n) is 3.68. The lowest BCUT2D eigenvalue weighted by Crippen LogP contribution is -2.17. The van der Waals surface area contributed by atoms with Gasteiger partial charge < -0.3 is 9.47 Å². The van der Waals surface area contributed by atoms with Crippen molar-refractivity contribution in [3.8, 4) is 22.6 Å². The standard InChI is InChI=1S/C28H23F3N2O3/c29-28(30,31)36-26-12-8-23(27(16-26)22-4-2-14-33-18-22)19-35-25-10-6-20(7-11-25)15-24(34)9-5-21-3-1-13-32-17-21/h1-4,6-8,10-14,16-18H,5,9,15,19H2. The summed E-state index contributed by atoms with van der Waals surface area (Å²) in [6.07, 6.45) is 3.24. The van der Waals surface area contributed by atoms with E-state index >= 15 is 0 Å². The maximum absolute atomic E-state index is 12.7. The first-order valence-electron chi connectivity index (χ1n) is 11.3. The Balaban J connectivity index is 1.38. The van der Waals surface area contributed by atoms with Gasteiger partial charge in [0.15, 0.2) is 0 Å². The number of pyridine rings is 2. The van der Waals surface area contributed by atoms with E-state index in [1.165, 1.54) is 12.1 Å². The number of aromatic nitrogens is 2. The highest BCUT2D eigenvalue weighted by Crippen LogP contribution is 2.31. The number of alkyl halides is 3. The van der Waals surface area contributed by atoms with Crippen LogP contribution in [-0.2, 0) is 24.2 Å². The van der Waals surface area contributed by atoms with Crippen LogP contribution in [-0.4, -0.2) is 22.1 Å². The molecular weight excluding hydrogens is 469 g/mol. The molecule has 0 atom stereocenters. The quantitative estimate of drug-likeness (QED) is 0.258. The van der Waals surface area contributed by atoms with Gasteiger partial charge in [-0.15, -0.1) is 13.2 Å². The molecule has 0 fully saturated rings. The maximum atomic E-state index is 12.7. The summed E-state index contributed by atoms with van der Waals surface area (Å²) in [4.78, 5) is 20.4. The van der Waals surface area contributed by atoms with Gasteiger partial charge in [-0.1, -0.05) is 30.3 Å². The number of carbonyl (C=O) groups excluding carboxylic acids is 1. The van der Waals surface area contributed by atoms with Crippen molar-refractivity contribution in [2.24, 2.45) is 0 Å². The number of carbonyl (C=O) groups is 1. The molecule has 4 rings (SSSR count). The Morgan fingerprint density at radius 2 is 1.56 bits per heavy atom. The minimum atomic E-state index is -4.79. The van der Waals surface area contributed by atoms with Crippen LogP contribution in [0.2, 0.25) is 0 Å². The summed E-state index contributed by atoms with van der Waals surface area (Å²) < 4.78 is 48.0. The molecule has 2 heterocycles. The summed E-state index contributed by atoms with van der Waals surface area (Å²) in [5.74, 6) is 0.395. The molecular formula is C28H23F3N2O3. The predicted molar refractivity (Wildman–Crippen MR) is 128 cm³/mol. The van der Waals surface area contributed by atoms with Gasteiger partial charge in [0.25, 0.3) is 0 Å². The Bertz CT molecular complexity index is 1280. The maximum Gasteiger partial charge on any atom is 0.573 e. The van der Waals surface area contributed by atoms with Crippen LogP contribution in [0.3, 0.4) is 0 Å². The van der Waals surface area contributed by atoms with Gasteiger partial charge in [0.1, 0.15) is 23.9 Å². The zero-order valence-electron chi connectivity index (χ0n) is 19.2. The number of aryl methyl sites for hydroxylation is 1. The topological polar surface area (TPSA) is 61.3 Å². The average Bonchev–Trinajstić information content (AvgIpc) is 2.88. The fourth-order valence-corrected chi connectivity index (χ4v) is 3.68. The molecule has 0 aliphatic carbocycles. The smallest absolute Gasteiger partial charge is 0.489 e. The zero-order chi connectivity index (χ0) is 25.4. The molecule has 0 unspecified atom stereocenters. The van der Waals surface area contributed by atoms with Crippen LogP contribution in [0.5, 0.6) is 11.5 Å². The molecule has 0 radical (unpaired) electrons. The SMILES string of the molecule is O=C(CCc1cccnc1)Cc1ccc(OCc2ccc(OC(F)(F)F)cc2-c2cccnc2)cc1. The summed E-state index contributed by atoms with van der Waals surface area (Å²) in [5.41, 5.74) is 3.75. The number of halogens is 3. The van der Waals surface area contributed by atoms with E-state index in [-0.39, 0.29) is 18.1 Å². The second kappa shape index (κ2) is 11.5. The van der Waals surface area contributed by atoms with Gasteiger partial charge in [0.05, 0.1) is 0 Å². The Morgan fingerprint density at radius 3 is 2.22 bits per heavy atom. The monoisotopic (exact) mass is 492 g/mol. The highest BCUT2D eigenvalue weighted by molar-refractivity contribution is 5.81. The van der Waals surface area contributed by atoms with Gasteiger partial charge in [0, 0.05) is 43.2 Å². The third kappa shape index (κ3) is 7.40. The van der Waals surface area contributed by atoms with E-state index in [0.29, 0.717) is 41.7 Å². The van der Waals surface area contributed by atoms with Crippen molar-refractivity contribution in [1.29, 1.82) is 0 Å². The normalized spacial score (nSPS) is 11.2. The van der Waals surface area contributed by atoms with Crippen LogP contribution in [0, 0.1) is 0 Å². The first-order chi connectivity index (χ1) is 17.4. The molecule has 0 aliphatic heterocycles. The molecule has 0 bridgehead atoms. The second-order valence-electron chi connectivity index (χ2n) is 8.12. The minimum Gasteiger partial charge on any atom is -0.489 e. The molecule has 2 aromatic carbocycles. The van der Waals surface area contributed by atoms with Crippen molar-refractivity contribution in [2.75, 3.05) is 0 Å². The van der Waals surface area contributed by atoms with E-state index in [1.807, 2.05) is 24.3 Å². The molecule has 0 saturated heterocycles. The fraction of sp³-hybridized carbons (Fsp3) is 0.179. The number of hydrogen-bond donors (Lipinski definition) is 0. The van der Waals surface area contributed by atoms with Crippen molar-refractivity contribution in [2.45, 2.75) is 32.2 Å². The number of nitrogens with zero attached hydrogens (tertiary/aromatic N) is 2.